The van der Waals surface area contributed by atoms with Crippen LogP contribution in [-0.4, -0.2) is 34.5 Å². The van der Waals surface area contributed by atoms with Gasteiger partial charge in [0, 0.05) is 37.1 Å². The monoisotopic (exact) mass is 400 g/mol. The molecule has 0 fully saturated rings. The maximum atomic E-state index is 6.03. The zero-order valence-corrected chi connectivity index (χ0v) is 17.0. The quantitative estimate of drug-likeness (QED) is 0.468. The number of rotatable bonds is 7. The fourth-order valence-electron chi connectivity index (χ4n) is 2.78. The highest BCUT2D eigenvalue weighted by Crippen LogP contribution is 2.19. The summed E-state index contributed by atoms with van der Waals surface area (Å²) in [4.78, 5) is 4.29. The Bertz CT molecular complexity index is 886. The molecule has 3 rings (SSSR count). The van der Waals surface area contributed by atoms with Crippen molar-refractivity contribution in [2.24, 2.45) is 4.99 Å². The molecule has 8 heteroatoms. The Kier molecular flexibility index (Phi) is 6.71. The van der Waals surface area contributed by atoms with Crippen LogP contribution in [0.2, 0.25) is 5.02 Å². The molecular formula is C20H25ClN6O. The lowest BCUT2D eigenvalue weighted by Gasteiger charge is -2.20. The number of benzene rings is 1. The molecule has 2 heterocycles. The standard InChI is InChI=1S/C20H25ClN6O/c1-14(2)18-11-17(28-26-18)12-23-20(22-3)24-13-19(27-10-4-9-25-27)15-5-7-16(21)8-6-15/h4-11,14,19H,12-13H2,1-3H3,(H2,22,23,24). The molecule has 0 aliphatic carbocycles. The van der Waals surface area contributed by atoms with E-state index in [9.17, 15) is 0 Å². The van der Waals surface area contributed by atoms with E-state index < -0.39 is 0 Å². The van der Waals surface area contributed by atoms with Crippen molar-refractivity contribution in [1.29, 1.82) is 0 Å². The number of halogens is 1. The van der Waals surface area contributed by atoms with Crippen LogP contribution in [0.25, 0.3) is 0 Å². The van der Waals surface area contributed by atoms with Crippen LogP contribution >= 0.6 is 11.6 Å². The van der Waals surface area contributed by atoms with E-state index >= 15 is 0 Å². The van der Waals surface area contributed by atoms with Gasteiger partial charge in [-0.1, -0.05) is 42.7 Å². The Balaban J connectivity index is 1.63. The van der Waals surface area contributed by atoms with Gasteiger partial charge in [-0.25, -0.2) is 0 Å². The van der Waals surface area contributed by atoms with Crippen LogP contribution in [-0.2, 0) is 6.54 Å². The minimum atomic E-state index is 0.00337. The fourth-order valence-corrected chi connectivity index (χ4v) is 2.91. The first-order valence-electron chi connectivity index (χ1n) is 9.21. The van der Waals surface area contributed by atoms with Gasteiger partial charge in [-0.15, -0.1) is 0 Å². The maximum absolute atomic E-state index is 6.03. The largest absolute Gasteiger partial charge is 0.359 e. The second kappa shape index (κ2) is 9.41. The first-order chi connectivity index (χ1) is 13.6. The van der Waals surface area contributed by atoms with Crippen molar-refractivity contribution >= 4 is 17.6 Å². The van der Waals surface area contributed by atoms with Crippen LogP contribution in [0.1, 0.15) is 42.8 Å². The zero-order valence-electron chi connectivity index (χ0n) is 16.3. The van der Waals surface area contributed by atoms with Crippen LogP contribution in [0.4, 0.5) is 0 Å². The Labute approximate surface area is 169 Å². The molecule has 2 N–H and O–H groups in total. The van der Waals surface area contributed by atoms with Crippen molar-refractivity contribution in [3.63, 3.8) is 0 Å². The van der Waals surface area contributed by atoms with Crippen molar-refractivity contribution in [2.75, 3.05) is 13.6 Å². The van der Waals surface area contributed by atoms with E-state index in [0.717, 1.165) is 17.0 Å². The van der Waals surface area contributed by atoms with E-state index in [4.69, 9.17) is 16.1 Å². The molecule has 28 heavy (non-hydrogen) atoms. The van der Waals surface area contributed by atoms with Gasteiger partial charge < -0.3 is 15.2 Å². The minimum absolute atomic E-state index is 0.00337. The van der Waals surface area contributed by atoms with E-state index in [0.29, 0.717) is 30.0 Å². The van der Waals surface area contributed by atoms with Gasteiger partial charge in [0.05, 0.1) is 18.3 Å². The molecule has 1 unspecified atom stereocenters. The molecule has 3 aromatic rings. The summed E-state index contributed by atoms with van der Waals surface area (Å²) in [7, 11) is 1.74. The van der Waals surface area contributed by atoms with E-state index in [2.05, 4.69) is 39.7 Å². The summed E-state index contributed by atoms with van der Waals surface area (Å²) in [5.74, 6) is 1.78. The molecule has 0 spiro atoms. The van der Waals surface area contributed by atoms with Gasteiger partial charge in [-0.05, 0) is 29.7 Å². The van der Waals surface area contributed by atoms with E-state index in [1.54, 1.807) is 13.2 Å². The molecule has 1 aromatic carbocycles. The third kappa shape index (κ3) is 5.13. The van der Waals surface area contributed by atoms with Crippen molar-refractivity contribution in [2.45, 2.75) is 32.4 Å². The Morgan fingerprint density at radius 2 is 2.04 bits per heavy atom. The van der Waals surface area contributed by atoms with E-state index in [-0.39, 0.29) is 6.04 Å². The first kappa shape index (κ1) is 19.9. The molecule has 148 valence electrons. The molecule has 0 saturated heterocycles. The van der Waals surface area contributed by atoms with Crippen molar-refractivity contribution in [1.82, 2.24) is 25.6 Å². The Hall–Kier alpha value is -2.80. The van der Waals surface area contributed by atoms with E-state index in [1.807, 2.05) is 47.3 Å². The predicted molar refractivity (Wildman–Crippen MR) is 111 cm³/mol. The lowest BCUT2D eigenvalue weighted by atomic mass is 10.1. The lowest BCUT2D eigenvalue weighted by Crippen LogP contribution is -2.40. The van der Waals surface area contributed by atoms with Crippen LogP contribution in [0, 0.1) is 0 Å². The molecule has 7 nitrogen and oxygen atoms in total. The molecule has 0 aliphatic heterocycles. The predicted octanol–water partition coefficient (Wildman–Crippen LogP) is 3.60. The van der Waals surface area contributed by atoms with Crippen LogP contribution in [0.15, 0.2) is 58.3 Å². The smallest absolute Gasteiger partial charge is 0.191 e. The summed E-state index contributed by atoms with van der Waals surface area (Å²) >= 11 is 6.03. The second-order valence-electron chi connectivity index (χ2n) is 6.73. The number of nitrogens with zero attached hydrogens (tertiary/aromatic N) is 4. The number of nitrogens with one attached hydrogen (secondary N) is 2. The number of aliphatic imine (C=N–C) groups is 1. The van der Waals surface area contributed by atoms with Crippen molar-refractivity contribution in [3.05, 3.63) is 70.8 Å². The van der Waals surface area contributed by atoms with E-state index in [1.165, 1.54) is 0 Å². The Morgan fingerprint density at radius 3 is 2.64 bits per heavy atom. The van der Waals surface area contributed by atoms with Crippen LogP contribution in [0.5, 0.6) is 0 Å². The van der Waals surface area contributed by atoms with Crippen LogP contribution < -0.4 is 10.6 Å². The minimum Gasteiger partial charge on any atom is -0.359 e. The molecule has 0 amide bonds. The fraction of sp³-hybridized carbons (Fsp3) is 0.350. The van der Waals surface area contributed by atoms with Gasteiger partial charge in [0.2, 0.25) is 0 Å². The topological polar surface area (TPSA) is 80.3 Å². The first-order valence-corrected chi connectivity index (χ1v) is 9.59. The van der Waals surface area contributed by atoms with Gasteiger partial charge in [0.25, 0.3) is 0 Å². The zero-order chi connectivity index (χ0) is 19.9. The summed E-state index contributed by atoms with van der Waals surface area (Å²) in [6.07, 6.45) is 3.71. The summed E-state index contributed by atoms with van der Waals surface area (Å²) in [6, 6.07) is 11.7. The molecular weight excluding hydrogens is 376 g/mol. The molecule has 0 radical (unpaired) electrons. The summed E-state index contributed by atoms with van der Waals surface area (Å²) in [6.45, 7) is 5.28. The summed E-state index contributed by atoms with van der Waals surface area (Å²) < 4.78 is 7.28. The van der Waals surface area contributed by atoms with Gasteiger partial charge in [0.1, 0.15) is 0 Å². The van der Waals surface area contributed by atoms with Crippen LogP contribution in [0.3, 0.4) is 0 Å². The third-order valence-corrected chi connectivity index (χ3v) is 4.64. The number of hydrogen-bond acceptors (Lipinski definition) is 4. The van der Waals surface area contributed by atoms with Gasteiger partial charge in [0.15, 0.2) is 11.7 Å². The third-order valence-electron chi connectivity index (χ3n) is 4.38. The van der Waals surface area contributed by atoms with Crippen molar-refractivity contribution in [3.8, 4) is 0 Å². The van der Waals surface area contributed by atoms with Crippen molar-refractivity contribution < 1.29 is 4.52 Å². The summed E-state index contributed by atoms with van der Waals surface area (Å²) in [5, 5.41) is 15.8. The average molecular weight is 401 g/mol. The Morgan fingerprint density at radius 1 is 1.25 bits per heavy atom. The number of guanidine groups is 1. The highest BCUT2D eigenvalue weighted by molar-refractivity contribution is 6.30. The normalized spacial score (nSPS) is 13.0. The molecule has 0 saturated carbocycles. The highest BCUT2D eigenvalue weighted by Gasteiger charge is 2.15. The van der Waals surface area contributed by atoms with Gasteiger partial charge >= 0.3 is 0 Å². The van der Waals surface area contributed by atoms with Gasteiger partial charge in [-0.2, -0.15) is 5.10 Å². The lowest BCUT2D eigenvalue weighted by molar-refractivity contribution is 0.371. The molecule has 2 aromatic heterocycles. The summed E-state index contributed by atoms with van der Waals surface area (Å²) in [5.41, 5.74) is 2.05. The van der Waals surface area contributed by atoms with Gasteiger partial charge in [-0.3, -0.25) is 9.67 Å². The molecule has 0 bridgehead atoms. The second-order valence-corrected chi connectivity index (χ2v) is 7.17. The average Bonchev–Trinajstić information content (AvgIpc) is 3.38. The molecule has 1 atom stereocenters. The maximum Gasteiger partial charge on any atom is 0.191 e. The highest BCUT2D eigenvalue weighted by atomic mass is 35.5. The SMILES string of the molecule is CN=C(NCc1cc(C(C)C)no1)NCC(c1ccc(Cl)cc1)n1cccn1. The molecule has 0 aliphatic rings. The number of hydrogen-bond donors (Lipinski definition) is 2. The number of aromatic nitrogens is 3.